The second-order valence-corrected chi connectivity index (χ2v) is 7.44. The van der Waals surface area contributed by atoms with E-state index < -0.39 is 5.92 Å². The molecule has 0 unspecified atom stereocenters. The van der Waals surface area contributed by atoms with Gasteiger partial charge in [-0.15, -0.1) is 0 Å². The number of rotatable bonds is 6. The Morgan fingerprint density at radius 2 is 1.52 bits per heavy atom. The van der Waals surface area contributed by atoms with Gasteiger partial charge in [0.1, 0.15) is 5.69 Å². The van der Waals surface area contributed by atoms with Crippen LogP contribution in [0.15, 0.2) is 78.9 Å². The fourth-order valence-electron chi connectivity index (χ4n) is 3.92. The van der Waals surface area contributed by atoms with Crippen molar-refractivity contribution in [3.05, 3.63) is 100 Å². The molecule has 1 heterocycles. The fourth-order valence-corrected chi connectivity index (χ4v) is 3.92. The third-order valence-electron chi connectivity index (χ3n) is 5.43. The molecule has 0 radical (unpaired) electrons. The minimum absolute atomic E-state index is 0.00401. The van der Waals surface area contributed by atoms with E-state index in [2.05, 4.69) is 10.6 Å². The van der Waals surface area contributed by atoms with Crippen LogP contribution < -0.4 is 15.5 Å². The van der Waals surface area contributed by atoms with Gasteiger partial charge in [0.25, 0.3) is 5.69 Å². The lowest BCUT2D eigenvalue weighted by molar-refractivity contribution is -0.384. The number of nitrogens with zero attached hydrogens (tertiary/aromatic N) is 2. The van der Waals surface area contributed by atoms with E-state index >= 15 is 0 Å². The Morgan fingerprint density at radius 3 is 2.06 bits per heavy atom. The van der Waals surface area contributed by atoms with Gasteiger partial charge in [-0.05, 0) is 23.3 Å². The molecule has 0 bridgehead atoms. The van der Waals surface area contributed by atoms with E-state index in [4.69, 9.17) is 0 Å². The van der Waals surface area contributed by atoms with Crippen molar-refractivity contribution >= 4 is 23.0 Å². The Labute approximate surface area is 180 Å². The van der Waals surface area contributed by atoms with E-state index in [-0.39, 0.29) is 16.5 Å². The zero-order valence-corrected chi connectivity index (χ0v) is 17.0. The molecule has 1 aliphatic rings. The SMILES string of the molecule is O=C(Nc1ccc(N2CCNCC2)c([N+](=O)[O-])c1)C(c1ccccc1)c1ccccc1. The average molecular weight is 416 g/mol. The Hall–Kier alpha value is -3.71. The molecule has 0 spiro atoms. The molecule has 1 saturated heterocycles. The largest absolute Gasteiger partial charge is 0.363 e. The second-order valence-electron chi connectivity index (χ2n) is 7.44. The van der Waals surface area contributed by atoms with Crippen molar-refractivity contribution in [3.8, 4) is 0 Å². The Morgan fingerprint density at radius 1 is 0.935 bits per heavy atom. The molecule has 31 heavy (non-hydrogen) atoms. The van der Waals surface area contributed by atoms with Crippen LogP contribution in [0.1, 0.15) is 17.0 Å². The van der Waals surface area contributed by atoms with Crippen LogP contribution in [-0.4, -0.2) is 37.0 Å². The van der Waals surface area contributed by atoms with E-state index in [0.717, 1.165) is 24.2 Å². The summed E-state index contributed by atoms with van der Waals surface area (Å²) in [5.74, 6) is -0.754. The third kappa shape index (κ3) is 4.73. The van der Waals surface area contributed by atoms with Crippen molar-refractivity contribution in [2.45, 2.75) is 5.92 Å². The average Bonchev–Trinajstić information content (AvgIpc) is 2.81. The lowest BCUT2D eigenvalue weighted by atomic mass is 9.90. The van der Waals surface area contributed by atoms with Crippen LogP contribution >= 0.6 is 0 Å². The van der Waals surface area contributed by atoms with Crippen LogP contribution in [0.2, 0.25) is 0 Å². The van der Waals surface area contributed by atoms with Gasteiger partial charge >= 0.3 is 0 Å². The first-order valence-corrected chi connectivity index (χ1v) is 10.3. The first kappa shape index (κ1) is 20.6. The lowest BCUT2D eigenvalue weighted by Gasteiger charge is -2.29. The smallest absolute Gasteiger partial charge is 0.294 e. The van der Waals surface area contributed by atoms with E-state index in [1.54, 1.807) is 12.1 Å². The van der Waals surface area contributed by atoms with E-state index in [9.17, 15) is 14.9 Å². The molecular weight excluding hydrogens is 392 g/mol. The van der Waals surface area contributed by atoms with Crippen LogP contribution in [-0.2, 0) is 4.79 Å². The van der Waals surface area contributed by atoms with Crippen molar-refractivity contribution in [1.82, 2.24) is 5.32 Å². The van der Waals surface area contributed by atoms with Crippen LogP contribution in [0.4, 0.5) is 17.1 Å². The van der Waals surface area contributed by atoms with Crippen LogP contribution in [0.25, 0.3) is 0 Å². The number of carbonyl (C=O) groups excluding carboxylic acids is 1. The number of amides is 1. The molecule has 1 fully saturated rings. The van der Waals surface area contributed by atoms with E-state index in [1.165, 1.54) is 6.07 Å². The number of benzene rings is 3. The highest BCUT2D eigenvalue weighted by Gasteiger charge is 2.25. The van der Waals surface area contributed by atoms with Crippen LogP contribution in [0.3, 0.4) is 0 Å². The number of nitro benzene ring substituents is 1. The van der Waals surface area contributed by atoms with Crippen molar-refractivity contribution < 1.29 is 9.72 Å². The van der Waals surface area contributed by atoms with Gasteiger partial charge < -0.3 is 15.5 Å². The fraction of sp³-hybridized carbons (Fsp3) is 0.208. The van der Waals surface area contributed by atoms with Gasteiger partial charge in [-0.2, -0.15) is 0 Å². The first-order valence-electron chi connectivity index (χ1n) is 10.3. The minimum Gasteiger partial charge on any atom is -0.363 e. The molecule has 1 amide bonds. The summed E-state index contributed by atoms with van der Waals surface area (Å²) >= 11 is 0. The van der Waals surface area contributed by atoms with Crippen molar-refractivity contribution in [2.24, 2.45) is 0 Å². The maximum absolute atomic E-state index is 13.3. The standard InChI is InChI=1S/C24H24N4O3/c29-24(23(18-7-3-1-4-8-18)19-9-5-2-6-10-19)26-20-11-12-21(22(17-20)28(30)31)27-15-13-25-14-16-27/h1-12,17,23,25H,13-16H2,(H,26,29). The van der Waals surface area contributed by atoms with Gasteiger partial charge in [0.2, 0.25) is 5.91 Å². The highest BCUT2D eigenvalue weighted by atomic mass is 16.6. The molecule has 3 aromatic carbocycles. The monoisotopic (exact) mass is 416 g/mol. The number of carbonyl (C=O) groups is 1. The summed E-state index contributed by atoms with van der Waals surface area (Å²) in [6.07, 6.45) is 0. The first-order chi connectivity index (χ1) is 15.1. The van der Waals surface area contributed by atoms with Crippen LogP contribution in [0, 0.1) is 10.1 Å². The summed E-state index contributed by atoms with van der Waals surface area (Å²) in [4.78, 5) is 26.6. The van der Waals surface area contributed by atoms with E-state index in [0.29, 0.717) is 24.5 Å². The van der Waals surface area contributed by atoms with Crippen molar-refractivity contribution in [2.75, 3.05) is 36.4 Å². The summed E-state index contributed by atoms with van der Waals surface area (Å²) in [6.45, 7) is 2.98. The quantitative estimate of drug-likeness (QED) is 0.472. The number of nitrogens with one attached hydrogen (secondary N) is 2. The molecule has 4 rings (SSSR count). The van der Waals surface area contributed by atoms with Crippen molar-refractivity contribution in [3.63, 3.8) is 0 Å². The highest BCUT2D eigenvalue weighted by molar-refractivity contribution is 5.98. The minimum atomic E-state index is -0.519. The van der Waals surface area contributed by atoms with Gasteiger partial charge in [0.15, 0.2) is 0 Å². The normalized spacial score (nSPS) is 13.8. The number of anilines is 2. The summed E-state index contributed by atoms with van der Waals surface area (Å²) in [5.41, 5.74) is 2.70. The van der Waals surface area contributed by atoms with Gasteiger partial charge in [-0.3, -0.25) is 14.9 Å². The maximum atomic E-state index is 13.3. The second kappa shape index (κ2) is 9.40. The summed E-state index contributed by atoms with van der Waals surface area (Å²) < 4.78 is 0. The summed E-state index contributed by atoms with van der Waals surface area (Å²) in [6, 6.07) is 23.9. The van der Waals surface area contributed by atoms with Gasteiger partial charge in [-0.1, -0.05) is 60.7 Å². The van der Waals surface area contributed by atoms with Gasteiger partial charge in [0.05, 0.1) is 10.8 Å². The number of hydrogen-bond acceptors (Lipinski definition) is 5. The van der Waals surface area contributed by atoms with Gasteiger partial charge in [-0.25, -0.2) is 0 Å². The highest BCUT2D eigenvalue weighted by Crippen LogP contribution is 2.32. The zero-order valence-electron chi connectivity index (χ0n) is 17.0. The van der Waals surface area contributed by atoms with Gasteiger partial charge in [0, 0.05) is 37.9 Å². The molecule has 2 N–H and O–H groups in total. The molecule has 7 nitrogen and oxygen atoms in total. The summed E-state index contributed by atoms with van der Waals surface area (Å²) in [7, 11) is 0. The van der Waals surface area contributed by atoms with E-state index in [1.807, 2.05) is 65.6 Å². The lowest BCUT2D eigenvalue weighted by Crippen LogP contribution is -2.43. The number of hydrogen-bond donors (Lipinski definition) is 2. The Kier molecular flexibility index (Phi) is 6.24. The van der Waals surface area contributed by atoms with Crippen LogP contribution in [0.5, 0.6) is 0 Å². The molecule has 7 heteroatoms. The molecule has 3 aromatic rings. The molecule has 0 aromatic heterocycles. The molecule has 1 aliphatic heterocycles. The molecule has 0 saturated carbocycles. The summed E-state index contributed by atoms with van der Waals surface area (Å²) in [5, 5.41) is 17.9. The molecule has 158 valence electrons. The molecule has 0 aliphatic carbocycles. The molecule has 0 atom stereocenters. The number of piperazine rings is 1. The topological polar surface area (TPSA) is 87.5 Å². The number of nitro groups is 1. The Balaban J connectivity index is 1.63. The zero-order chi connectivity index (χ0) is 21.6. The predicted molar refractivity (Wildman–Crippen MR) is 122 cm³/mol. The maximum Gasteiger partial charge on any atom is 0.294 e. The van der Waals surface area contributed by atoms with Crippen molar-refractivity contribution in [1.29, 1.82) is 0 Å². The molecular formula is C24H24N4O3. The third-order valence-corrected chi connectivity index (χ3v) is 5.43. The predicted octanol–water partition coefficient (Wildman–Crippen LogP) is 3.78. The Bertz CT molecular complexity index is 1010.